The normalized spacial score (nSPS) is 19.0. The van der Waals surface area contributed by atoms with Crippen molar-refractivity contribution < 1.29 is 18.9 Å². The van der Waals surface area contributed by atoms with E-state index in [1.807, 2.05) is 0 Å². The van der Waals surface area contributed by atoms with Crippen LogP contribution in [0.4, 0.5) is 0 Å². The summed E-state index contributed by atoms with van der Waals surface area (Å²) in [7, 11) is -4.12. The van der Waals surface area contributed by atoms with E-state index >= 15 is 0 Å². The van der Waals surface area contributed by atoms with Crippen LogP contribution in [0, 0.1) is 0 Å². The van der Waals surface area contributed by atoms with Gasteiger partial charge in [-0.25, -0.2) is 9.78 Å². The summed E-state index contributed by atoms with van der Waals surface area (Å²) < 4.78 is 28.0. The second-order valence-electron chi connectivity index (χ2n) is 13.9. The summed E-state index contributed by atoms with van der Waals surface area (Å²) in [6.45, 7) is 7.11. The molecule has 0 radical (unpaired) electrons. The minimum absolute atomic E-state index is 0.121. The van der Waals surface area contributed by atoms with E-state index in [1.165, 1.54) is 44.2 Å². The Morgan fingerprint density at radius 3 is 2.43 bits per heavy atom. The lowest BCUT2D eigenvalue weighted by Gasteiger charge is -2.49. The van der Waals surface area contributed by atoms with Crippen molar-refractivity contribution in [3.8, 4) is 0 Å². The molecular weight excluding hydrogens is 615 g/mol. The maximum Gasteiger partial charge on any atom is 0.327 e. The molecule has 1 saturated heterocycles. The molecule has 0 spiro atoms. The van der Waals surface area contributed by atoms with E-state index in [4.69, 9.17) is 9.47 Å². The zero-order valence-corrected chi connectivity index (χ0v) is 28.1. The van der Waals surface area contributed by atoms with Crippen LogP contribution >= 0.6 is 7.37 Å². The van der Waals surface area contributed by atoms with Gasteiger partial charge >= 0.3 is 5.69 Å². The van der Waals surface area contributed by atoms with E-state index in [2.05, 4.69) is 69.5 Å². The number of rotatable bonds is 11. The first-order valence-electron chi connectivity index (χ1n) is 16.3. The molecule has 11 heteroatoms. The summed E-state index contributed by atoms with van der Waals surface area (Å²) in [6.07, 6.45) is 4.68. The molecule has 1 aliphatic rings. The van der Waals surface area contributed by atoms with Crippen molar-refractivity contribution in [2.24, 2.45) is 0 Å². The van der Waals surface area contributed by atoms with E-state index in [9.17, 15) is 19.0 Å². The standard InChI is InChI=1S/C36H41N4O6P/c1-35(2,20-26-16-18-28(46-26)40-21-37-31-32(40)38-34(42)39-33(31)41)47(43,44)36(3,4)45-19-6-5-8-22-11-12-25-14-13-23-9-7-10-24-15-17-27(22)30(25)29(23)24/h7,9-15,17,21,26,28H,5-6,8,16,18-20H2,1-4H3,(H,43,44)(H2,38,39,41,42)/p-1/t26-,28+/m0/s1. The predicted molar refractivity (Wildman–Crippen MR) is 184 cm³/mol. The van der Waals surface area contributed by atoms with Crippen LogP contribution in [0.3, 0.4) is 0 Å². The molecule has 1 unspecified atom stereocenters. The van der Waals surface area contributed by atoms with E-state index in [-0.39, 0.29) is 23.7 Å². The van der Waals surface area contributed by atoms with Crippen molar-refractivity contribution in [2.75, 3.05) is 6.61 Å². The molecule has 3 atom stereocenters. The van der Waals surface area contributed by atoms with Gasteiger partial charge < -0.3 is 18.9 Å². The molecule has 10 nitrogen and oxygen atoms in total. The summed E-state index contributed by atoms with van der Waals surface area (Å²) in [5.74, 6) is 0. The third kappa shape index (κ3) is 5.51. The molecule has 2 aromatic heterocycles. The van der Waals surface area contributed by atoms with Gasteiger partial charge in [0.1, 0.15) is 17.2 Å². The Morgan fingerprint density at radius 1 is 0.957 bits per heavy atom. The monoisotopic (exact) mass is 655 g/mol. The van der Waals surface area contributed by atoms with E-state index < -0.39 is 35.3 Å². The van der Waals surface area contributed by atoms with E-state index in [0.29, 0.717) is 19.4 Å². The van der Waals surface area contributed by atoms with Crippen LogP contribution in [0.5, 0.6) is 0 Å². The first-order chi connectivity index (χ1) is 22.4. The van der Waals surface area contributed by atoms with Gasteiger partial charge in [0.05, 0.1) is 19.8 Å². The minimum atomic E-state index is -4.12. The average molecular weight is 656 g/mol. The summed E-state index contributed by atoms with van der Waals surface area (Å²) in [5, 5.41) is 5.19. The fourth-order valence-corrected chi connectivity index (χ4v) is 9.62. The number of hydrogen-bond donors (Lipinski definition) is 2. The maximum atomic E-state index is 14.0. The van der Waals surface area contributed by atoms with E-state index in [0.717, 1.165) is 19.3 Å². The zero-order valence-electron chi connectivity index (χ0n) is 27.2. The van der Waals surface area contributed by atoms with Gasteiger partial charge in [0.2, 0.25) is 0 Å². The molecule has 0 aliphatic carbocycles. The third-order valence-corrected chi connectivity index (χ3v) is 13.3. The third-order valence-electron chi connectivity index (χ3n) is 10.0. The van der Waals surface area contributed by atoms with Crippen LogP contribution in [-0.4, -0.2) is 42.7 Å². The molecule has 2 N–H and O–H groups in total. The van der Waals surface area contributed by atoms with Crippen molar-refractivity contribution in [1.82, 2.24) is 19.5 Å². The van der Waals surface area contributed by atoms with Crippen LogP contribution in [0.1, 0.15) is 71.6 Å². The lowest BCUT2D eigenvalue weighted by molar-refractivity contribution is -0.199. The second-order valence-corrected chi connectivity index (χ2v) is 17.3. The van der Waals surface area contributed by atoms with Gasteiger partial charge in [0.25, 0.3) is 5.56 Å². The van der Waals surface area contributed by atoms with Crippen LogP contribution in [0.25, 0.3) is 43.5 Å². The maximum absolute atomic E-state index is 14.0. The lowest BCUT2D eigenvalue weighted by Crippen LogP contribution is -2.43. The first-order valence-corrected chi connectivity index (χ1v) is 17.9. The minimum Gasteiger partial charge on any atom is -0.797 e. The molecule has 6 aromatic rings. The summed E-state index contributed by atoms with van der Waals surface area (Å²) in [5.41, 5.74) is 0.507. The number of aromatic amines is 2. The van der Waals surface area contributed by atoms with Crippen molar-refractivity contribution in [3.63, 3.8) is 0 Å². The number of hydrogen-bond acceptors (Lipinski definition) is 7. The number of aromatic nitrogens is 4. The lowest BCUT2D eigenvalue weighted by atomic mass is 9.91. The Hall–Kier alpha value is -3.82. The molecule has 47 heavy (non-hydrogen) atoms. The SMILES string of the molecule is CC(C)(C[C@@H]1CC[C@H](n2cnc3c(=O)[nH]c(=O)[nH]c32)O1)P(=O)([O-])C(C)(C)OCCCCc1ccc2ccc3cccc4ccc1c2c34. The molecule has 0 bridgehead atoms. The number of fused-ring (bicyclic) bond motifs is 1. The smallest absolute Gasteiger partial charge is 0.327 e. The Bertz CT molecular complexity index is 2250. The molecule has 0 amide bonds. The molecule has 4 aromatic carbocycles. The predicted octanol–water partition coefficient (Wildman–Crippen LogP) is 6.57. The molecule has 1 aliphatic heterocycles. The Morgan fingerprint density at radius 2 is 1.66 bits per heavy atom. The van der Waals surface area contributed by atoms with Crippen LogP contribution in [-0.2, 0) is 20.5 Å². The van der Waals surface area contributed by atoms with Gasteiger partial charge in [-0.05, 0) is 90.3 Å². The highest BCUT2D eigenvalue weighted by Gasteiger charge is 2.45. The molecule has 246 valence electrons. The van der Waals surface area contributed by atoms with Crippen molar-refractivity contribution >= 4 is 50.9 Å². The summed E-state index contributed by atoms with van der Waals surface area (Å²) in [6, 6.07) is 19.7. The number of ether oxygens (including phenoxy) is 2. The number of aryl methyl sites for hydroxylation is 1. The zero-order chi connectivity index (χ0) is 33.1. The van der Waals surface area contributed by atoms with Crippen LogP contribution < -0.4 is 16.1 Å². The van der Waals surface area contributed by atoms with Crippen molar-refractivity contribution in [1.29, 1.82) is 0 Å². The number of nitrogens with zero attached hydrogens (tertiary/aromatic N) is 2. The van der Waals surface area contributed by atoms with Gasteiger partial charge in [0, 0.05) is 11.8 Å². The van der Waals surface area contributed by atoms with Gasteiger partial charge in [0.15, 0.2) is 5.52 Å². The van der Waals surface area contributed by atoms with Gasteiger partial charge in [-0.3, -0.25) is 19.3 Å². The Labute approximate surface area is 271 Å². The molecule has 1 fully saturated rings. The Balaban J connectivity index is 0.964. The van der Waals surface area contributed by atoms with Gasteiger partial charge in [-0.1, -0.05) is 68.4 Å². The second kappa shape index (κ2) is 11.7. The number of imidazole rings is 1. The number of benzene rings is 4. The van der Waals surface area contributed by atoms with Crippen LogP contribution in [0.2, 0.25) is 0 Å². The quantitative estimate of drug-likeness (QED) is 0.0913. The molecular formula is C36H40N4O6P-. The fourth-order valence-electron chi connectivity index (χ4n) is 7.46. The topological polar surface area (TPSA) is 142 Å². The highest BCUT2D eigenvalue weighted by atomic mass is 31.2. The number of nitrogens with one attached hydrogen (secondary N) is 2. The number of unbranched alkanes of at least 4 members (excludes halogenated alkanes) is 1. The first kappa shape index (κ1) is 31.8. The molecule has 7 rings (SSSR count). The molecule has 0 saturated carbocycles. The van der Waals surface area contributed by atoms with Gasteiger partial charge in [-0.15, -0.1) is 0 Å². The Kier molecular flexibility index (Phi) is 7.91. The summed E-state index contributed by atoms with van der Waals surface area (Å²) >= 11 is 0. The highest BCUT2D eigenvalue weighted by Crippen LogP contribution is 2.63. The largest absolute Gasteiger partial charge is 0.797 e. The van der Waals surface area contributed by atoms with Gasteiger partial charge in [-0.2, -0.15) is 0 Å². The summed E-state index contributed by atoms with van der Waals surface area (Å²) in [4.78, 5) is 46.8. The highest BCUT2D eigenvalue weighted by molar-refractivity contribution is 7.59. The van der Waals surface area contributed by atoms with E-state index in [1.54, 1.807) is 32.3 Å². The fraction of sp³-hybridized carbons (Fsp3) is 0.417. The van der Waals surface area contributed by atoms with Crippen molar-refractivity contribution in [3.05, 3.63) is 87.3 Å². The van der Waals surface area contributed by atoms with Crippen LogP contribution in [0.15, 0.2) is 70.5 Å². The average Bonchev–Trinajstić information content (AvgIpc) is 3.66. The number of H-pyrrole nitrogens is 2. The molecule has 3 heterocycles. The van der Waals surface area contributed by atoms with Crippen molar-refractivity contribution in [2.45, 2.75) is 89.0 Å².